The van der Waals surface area contributed by atoms with E-state index >= 15 is 0 Å². The van der Waals surface area contributed by atoms with Gasteiger partial charge in [0.05, 0.1) is 22.1 Å². The van der Waals surface area contributed by atoms with Gasteiger partial charge in [-0.25, -0.2) is 0 Å². The molecule has 0 atom stereocenters. The molecule has 18 heavy (non-hydrogen) atoms. The van der Waals surface area contributed by atoms with Crippen molar-refractivity contribution >= 4 is 28.0 Å². The molecule has 0 N–H and O–H groups in total. The van der Waals surface area contributed by atoms with Gasteiger partial charge in [-0.3, -0.25) is 9.38 Å². The number of thiophene rings is 1. The molecule has 3 aromatic heterocycles. The summed E-state index contributed by atoms with van der Waals surface area (Å²) in [4.78, 5) is 5.49. The molecule has 4 nitrogen and oxygen atoms in total. The minimum Gasteiger partial charge on any atom is -0.271 e. The fourth-order valence-electron chi connectivity index (χ4n) is 2.07. The van der Waals surface area contributed by atoms with E-state index in [1.165, 1.54) is 0 Å². The Morgan fingerprint density at radius 1 is 1.00 bits per heavy atom. The number of benzene rings is 1. The first kappa shape index (κ1) is 9.73. The van der Waals surface area contributed by atoms with Gasteiger partial charge in [0.25, 0.3) is 0 Å². The molecule has 0 bridgehead atoms. The highest BCUT2D eigenvalue weighted by Gasteiger charge is 2.11. The van der Waals surface area contributed by atoms with Crippen molar-refractivity contribution in [2.24, 2.45) is 0 Å². The van der Waals surface area contributed by atoms with Crippen LogP contribution >= 0.6 is 11.3 Å². The summed E-state index contributed by atoms with van der Waals surface area (Å²) in [5.74, 6) is 0.874. The van der Waals surface area contributed by atoms with Crippen LogP contribution in [0.2, 0.25) is 0 Å². The molecular formula is C13H8N4S. The number of aromatic nitrogens is 4. The Morgan fingerprint density at radius 2 is 1.94 bits per heavy atom. The molecular weight excluding hydrogens is 244 g/mol. The second-order valence-electron chi connectivity index (χ2n) is 3.94. The lowest BCUT2D eigenvalue weighted by atomic mass is 10.3. The lowest BCUT2D eigenvalue weighted by Gasteiger charge is -2.02. The molecule has 0 fully saturated rings. The largest absolute Gasteiger partial charge is 0.271 e. The third-order valence-corrected chi connectivity index (χ3v) is 3.74. The summed E-state index contributed by atoms with van der Waals surface area (Å²) in [5, 5.41) is 10.5. The monoisotopic (exact) mass is 252 g/mol. The van der Waals surface area contributed by atoms with E-state index in [0.717, 1.165) is 27.4 Å². The van der Waals surface area contributed by atoms with E-state index in [9.17, 15) is 0 Å². The predicted molar refractivity (Wildman–Crippen MR) is 71.6 cm³/mol. The summed E-state index contributed by atoms with van der Waals surface area (Å²) < 4.78 is 2.05. The minimum atomic E-state index is 0.775. The quantitative estimate of drug-likeness (QED) is 0.523. The van der Waals surface area contributed by atoms with Crippen molar-refractivity contribution in [2.45, 2.75) is 0 Å². The second-order valence-corrected chi connectivity index (χ2v) is 4.89. The molecule has 1 aromatic carbocycles. The van der Waals surface area contributed by atoms with Crippen LogP contribution in [0.5, 0.6) is 0 Å². The third kappa shape index (κ3) is 1.28. The van der Waals surface area contributed by atoms with Gasteiger partial charge in [0.15, 0.2) is 11.5 Å². The van der Waals surface area contributed by atoms with E-state index in [1.54, 1.807) is 17.5 Å². The highest BCUT2D eigenvalue weighted by atomic mass is 32.1. The van der Waals surface area contributed by atoms with Gasteiger partial charge in [0, 0.05) is 0 Å². The zero-order valence-electron chi connectivity index (χ0n) is 9.32. The summed E-state index contributed by atoms with van der Waals surface area (Å²) in [6, 6.07) is 12.1. The smallest absolute Gasteiger partial charge is 0.180 e. The Kier molecular flexibility index (Phi) is 1.95. The molecule has 86 valence electrons. The van der Waals surface area contributed by atoms with Crippen LogP contribution in [0, 0.1) is 0 Å². The summed E-state index contributed by atoms with van der Waals surface area (Å²) in [5.41, 5.74) is 2.75. The summed E-state index contributed by atoms with van der Waals surface area (Å²) in [6.07, 6.45) is 1.76. The van der Waals surface area contributed by atoms with Crippen LogP contribution in [0.4, 0.5) is 0 Å². The third-order valence-electron chi connectivity index (χ3n) is 2.87. The highest BCUT2D eigenvalue weighted by molar-refractivity contribution is 7.13. The van der Waals surface area contributed by atoms with Crippen molar-refractivity contribution in [3.63, 3.8) is 0 Å². The van der Waals surface area contributed by atoms with E-state index in [2.05, 4.69) is 21.2 Å². The first-order valence-corrected chi connectivity index (χ1v) is 6.44. The molecule has 0 aliphatic heterocycles. The first-order chi connectivity index (χ1) is 8.93. The Bertz CT molecular complexity index is 833. The maximum Gasteiger partial charge on any atom is 0.180 e. The van der Waals surface area contributed by atoms with Gasteiger partial charge >= 0.3 is 0 Å². The van der Waals surface area contributed by atoms with Crippen LogP contribution in [0.3, 0.4) is 0 Å². The molecule has 0 spiro atoms. The number of para-hydroxylation sites is 2. The molecule has 4 aromatic rings. The van der Waals surface area contributed by atoms with Gasteiger partial charge in [-0.05, 0) is 23.6 Å². The van der Waals surface area contributed by atoms with E-state index in [1.807, 2.05) is 40.1 Å². The zero-order valence-corrected chi connectivity index (χ0v) is 10.1. The molecule has 0 amide bonds. The van der Waals surface area contributed by atoms with Crippen LogP contribution in [0.1, 0.15) is 0 Å². The highest BCUT2D eigenvalue weighted by Crippen LogP contribution is 2.25. The number of rotatable bonds is 1. The van der Waals surface area contributed by atoms with E-state index < -0.39 is 0 Å². The number of hydrogen-bond acceptors (Lipinski definition) is 4. The molecule has 4 rings (SSSR count). The lowest BCUT2D eigenvalue weighted by Crippen LogP contribution is -1.92. The molecule has 0 aliphatic rings. The maximum absolute atomic E-state index is 4.38. The average Bonchev–Trinajstić information content (AvgIpc) is 3.07. The Labute approximate surface area is 107 Å². The fourth-order valence-corrected chi connectivity index (χ4v) is 2.77. The molecule has 3 heterocycles. The van der Waals surface area contributed by atoms with Gasteiger partial charge in [-0.2, -0.15) is 0 Å². The summed E-state index contributed by atoms with van der Waals surface area (Å²) in [6.45, 7) is 0. The Hall–Kier alpha value is -2.27. The molecule has 5 heteroatoms. The van der Waals surface area contributed by atoms with Crippen molar-refractivity contribution in [2.75, 3.05) is 0 Å². The van der Waals surface area contributed by atoms with E-state index in [4.69, 9.17) is 0 Å². The normalized spacial score (nSPS) is 11.3. The average molecular weight is 252 g/mol. The molecule has 0 unspecified atom stereocenters. The Balaban J connectivity index is 2.19. The van der Waals surface area contributed by atoms with Gasteiger partial charge in [-0.1, -0.05) is 18.2 Å². The van der Waals surface area contributed by atoms with Crippen molar-refractivity contribution in [1.82, 2.24) is 19.6 Å². The topological polar surface area (TPSA) is 43.1 Å². The van der Waals surface area contributed by atoms with Crippen molar-refractivity contribution < 1.29 is 0 Å². The van der Waals surface area contributed by atoms with Crippen molar-refractivity contribution in [3.8, 4) is 10.7 Å². The summed E-state index contributed by atoms with van der Waals surface area (Å²) in [7, 11) is 0. The van der Waals surface area contributed by atoms with Gasteiger partial charge < -0.3 is 0 Å². The van der Waals surface area contributed by atoms with Crippen LogP contribution in [-0.2, 0) is 0 Å². The molecule has 0 radical (unpaired) electrons. The van der Waals surface area contributed by atoms with Crippen LogP contribution in [-0.4, -0.2) is 19.6 Å². The van der Waals surface area contributed by atoms with Crippen molar-refractivity contribution in [1.29, 1.82) is 0 Å². The standard InChI is InChI=1S/C13H8N4S/c1-2-5-10-9(4-1)14-8-12-15-16-13(17(10)12)11-6-3-7-18-11/h1-8H. The van der Waals surface area contributed by atoms with Crippen LogP contribution in [0.15, 0.2) is 48.0 Å². The second kappa shape index (κ2) is 3.61. The zero-order chi connectivity index (χ0) is 11.9. The van der Waals surface area contributed by atoms with Crippen LogP contribution in [0.25, 0.3) is 27.4 Å². The van der Waals surface area contributed by atoms with Crippen molar-refractivity contribution in [3.05, 3.63) is 48.0 Å². The van der Waals surface area contributed by atoms with E-state index in [-0.39, 0.29) is 0 Å². The SMILES string of the molecule is c1csc(-c2nnc3cnc4ccccc4n23)c1. The summed E-state index contributed by atoms with van der Waals surface area (Å²) >= 11 is 1.66. The number of hydrogen-bond donors (Lipinski definition) is 0. The van der Waals surface area contributed by atoms with Gasteiger partial charge in [0.1, 0.15) is 0 Å². The number of fused-ring (bicyclic) bond motifs is 3. The van der Waals surface area contributed by atoms with Crippen LogP contribution < -0.4 is 0 Å². The predicted octanol–water partition coefficient (Wildman–Crippen LogP) is 3.01. The van der Waals surface area contributed by atoms with Gasteiger partial charge in [-0.15, -0.1) is 21.5 Å². The van der Waals surface area contributed by atoms with Gasteiger partial charge in [0.2, 0.25) is 0 Å². The maximum atomic E-state index is 4.38. The first-order valence-electron chi connectivity index (χ1n) is 5.56. The molecule has 0 aliphatic carbocycles. The molecule has 0 saturated heterocycles. The molecule has 0 saturated carbocycles. The lowest BCUT2D eigenvalue weighted by molar-refractivity contribution is 1.12. The fraction of sp³-hybridized carbons (Fsp3) is 0. The minimum absolute atomic E-state index is 0.775. The number of nitrogens with zero attached hydrogens (tertiary/aromatic N) is 4. The Morgan fingerprint density at radius 3 is 2.83 bits per heavy atom. The van der Waals surface area contributed by atoms with E-state index in [0.29, 0.717) is 0 Å².